The fraction of sp³-hybridized carbons (Fsp3) is 0.105. The summed E-state index contributed by atoms with van der Waals surface area (Å²) in [5, 5.41) is 25.0. The van der Waals surface area contributed by atoms with E-state index in [1.54, 1.807) is 0 Å². The molecule has 0 bridgehead atoms. The molecule has 1 aliphatic rings. The summed E-state index contributed by atoms with van der Waals surface area (Å²) < 4.78 is 19.4. The van der Waals surface area contributed by atoms with Gasteiger partial charge in [0.25, 0.3) is 5.69 Å². The molecule has 1 atom stereocenters. The molecule has 2 heterocycles. The van der Waals surface area contributed by atoms with Gasteiger partial charge in [0.2, 0.25) is 5.95 Å². The highest BCUT2D eigenvalue weighted by molar-refractivity contribution is 6.14. The first-order valence-corrected chi connectivity index (χ1v) is 8.82. The van der Waals surface area contributed by atoms with Crippen LogP contribution in [0.15, 0.2) is 59.8 Å². The number of benzene rings is 2. The van der Waals surface area contributed by atoms with E-state index in [1.807, 2.05) is 0 Å². The maximum Gasteiger partial charge on any atom is 0.355 e. The van der Waals surface area contributed by atoms with Gasteiger partial charge in [-0.15, -0.1) is 0 Å². The summed E-state index contributed by atoms with van der Waals surface area (Å²) in [5.41, 5.74) is 0.114. The van der Waals surface area contributed by atoms with Gasteiger partial charge in [0, 0.05) is 17.7 Å². The number of allylic oxidation sites excluding steroid dienone is 1. The molecule has 0 amide bonds. The van der Waals surface area contributed by atoms with E-state index in [2.05, 4.69) is 20.8 Å². The van der Waals surface area contributed by atoms with E-state index in [0.717, 1.165) is 19.2 Å². The van der Waals surface area contributed by atoms with E-state index in [-0.39, 0.29) is 28.5 Å². The third kappa shape index (κ3) is 3.50. The number of hydrogen-bond acceptors (Lipinski definition) is 9. The minimum absolute atomic E-state index is 0.0629. The van der Waals surface area contributed by atoms with Crippen LogP contribution in [0.1, 0.15) is 22.0 Å². The molecule has 0 unspecified atom stereocenters. The van der Waals surface area contributed by atoms with E-state index < -0.39 is 28.5 Å². The lowest BCUT2D eigenvalue weighted by atomic mass is 9.89. The molecule has 3 aromatic rings. The number of ketones is 1. The van der Waals surface area contributed by atoms with Crippen molar-refractivity contribution >= 4 is 23.4 Å². The van der Waals surface area contributed by atoms with Gasteiger partial charge in [0.15, 0.2) is 5.78 Å². The van der Waals surface area contributed by atoms with Gasteiger partial charge >= 0.3 is 5.97 Å². The van der Waals surface area contributed by atoms with Gasteiger partial charge in [0.05, 0.1) is 17.6 Å². The Kier molecular flexibility index (Phi) is 4.95. The van der Waals surface area contributed by atoms with Crippen molar-refractivity contribution in [3.05, 3.63) is 86.9 Å². The number of rotatable bonds is 5. The standard InChI is InChI=1S/C19H13FN6O5/c1-31-18(28)15-14(17(27)11-2-6-12(20)7-3-11)16(25-19(21-15)22-23-24-25)10-4-8-13(9-5-10)26(29)30/h2-9,16H,1H3,(H,21,22,24)/t16-/m0/s1. The van der Waals surface area contributed by atoms with Gasteiger partial charge in [-0.2, -0.15) is 4.68 Å². The number of nitrogens with one attached hydrogen (secondary N) is 1. The number of nitro groups is 1. The molecule has 31 heavy (non-hydrogen) atoms. The summed E-state index contributed by atoms with van der Waals surface area (Å²) in [6.07, 6.45) is 0. The summed E-state index contributed by atoms with van der Waals surface area (Å²) in [4.78, 5) is 36.4. The zero-order valence-electron chi connectivity index (χ0n) is 15.9. The summed E-state index contributed by atoms with van der Waals surface area (Å²) in [7, 11) is 1.15. The lowest BCUT2D eigenvalue weighted by Crippen LogP contribution is -2.32. The number of carbonyl (C=O) groups is 2. The van der Waals surface area contributed by atoms with Crippen LogP contribution in [0.5, 0.6) is 0 Å². The first-order chi connectivity index (χ1) is 14.9. The van der Waals surface area contributed by atoms with E-state index in [4.69, 9.17) is 4.74 Å². The van der Waals surface area contributed by atoms with Crippen LogP contribution in [-0.4, -0.2) is 44.0 Å². The second-order valence-electron chi connectivity index (χ2n) is 6.44. The Morgan fingerprint density at radius 3 is 2.45 bits per heavy atom. The van der Waals surface area contributed by atoms with Crippen molar-refractivity contribution in [1.29, 1.82) is 0 Å². The molecule has 11 nitrogen and oxygen atoms in total. The number of Topliss-reactive ketones (excluding diaryl/α,β-unsaturated/α-hetero) is 1. The van der Waals surface area contributed by atoms with E-state index in [1.165, 1.54) is 41.1 Å². The minimum Gasteiger partial charge on any atom is -0.464 e. The molecule has 0 saturated heterocycles. The van der Waals surface area contributed by atoms with E-state index in [0.29, 0.717) is 5.56 Å². The monoisotopic (exact) mass is 424 g/mol. The molecule has 0 spiro atoms. The van der Waals surface area contributed by atoms with Gasteiger partial charge < -0.3 is 10.1 Å². The molecule has 4 rings (SSSR count). The lowest BCUT2D eigenvalue weighted by Gasteiger charge is -2.28. The number of anilines is 1. The zero-order valence-corrected chi connectivity index (χ0v) is 15.9. The van der Waals surface area contributed by atoms with Crippen LogP contribution in [0.2, 0.25) is 0 Å². The van der Waals surface area contributed by atoms with Gasteiger partial charge in [0.1, 0.15) is 17.6 Å². The quantitative estimate of drug-likeness (QED) is 0.282. The lowest BCUT2D eigenvalue weighted by molar-refractivity contribution is -0.384. The Morgan fingerprint density at radius 2 is 1.84 bits per heavy atom. The molecule has 0 radical (unpaired) electrons. The predicted octanol–water partition coefficient (Wildman–Crippen LogP) is 2.05. The van der Waals surface area contributed by atoms with Crippen molar-refractivity contribution in [2.75, 3.05) is 12.4 Å². The Morgan fingerprint density at radius 1 is 1.16 bits per heavy atom. The van der Waals surface area contributed by atoms with Gasteiger partial charge in [-0.25, -0.2) is 9.18 Å². The van der Waals surface area contributed by atoms with Crippen LogP contribution in [0.25, 0.3) is 0 Å². The van der Waals surface area contributed by atoms with E-state index in [9.17, 15) is 24.1 Å². The molecule has 1 aliphatic heterocycles. The smallest absolute Gasteiger partial charge is 0.355 e. The Hall–Kier alpha value is -4.48. The van der Waals surface area contributed by atoms with Gasteiger partial charge in [-0.1, -0.05) is 5.10 Å². The number of hydrogen-bond donors (Lipinski definition) is 1. The first-order valence-electron chi connectivity index (χ1n) is 8.82. The second-order valence-corrected chi connectivity index (χ2v) is 6.44. The number of nitrogens with zero attached hydrogens (tertiary/aromatic N) is 5. The predicted molar refractivity (Wildman–Crippen MR) is 102 cm³/mol. The fourth-order valence-electron chi connectivity index (χ4n) is 3.23. The molecule has 1 N–H and O–H groups in total. The van der Waals surface area contributed by atoms with Crippen LogP contribution in [0.4, 0.5) is 16.0 Å². The number of aromatic nitrogens is 4. The van der Waals surface area contributed by atoms with Gasteiger partial charge in [-0.3, -0.25) is 14.9 Å². The molecule has 2 aromatic carbocycles. The molecular formula is C19H13FN6O5. The number of fused-ring (bicyclic) bond motifs is 1. The first kappa shape index (κ1) is 19.8. The topological polar surface area (TPSA) is 142 Å². The molecule has 0 saturated carbocycles. The van der Waals surface area contributed by atoms with E-state index >= 15 is 0 Å². The third-order valence-corrected chi connectivity index (χ3v) is 4.68. The largest absolute Gasteiger partial charge is 0.464 e. The highest BCUT2D eigenvalue weighted by Gasteiger charge is 2.38. The Labute approximate surface area is 173 Å². The number of carbonyl (C=O) groups excluding carboxylic acids is 2. The second kappa shape index (κ2) is 7.74. The highest BCUT2D eigenvalue weighted by Crippen LogP contribution is 2.37. The normalized spacial score (nSPS) is 15.1. The molecule has 12 heteroatoms. The zero-order chi connectivity index (χ0) is 22.1. The number of halogens is 1. The number of non-ortho nitro benzene ring substituents is 1. The van der Waals surface area contributed by atoms with Crippen molar-refractivity contribution in [3.63, 3.8) is 0 Å². The van der Waals surface area contributed by atoms with Crippen molar-refractivity contribution < 1.29 is 23.6 Å². The molecular weight excluding hydrogens is 411 g/mol. The average Bonchev–Trinajstić information content (AvgIpc) is 3.25. The van der Waals surface area contributed by atoms with Crippen LogP contribution >= 0.6 is 0 Å². The van der Waals surface area contributed by atoms with Crippen molar-refractivity contribution in [3.8, 4) is 0 Å². The fourth-order valence-corrected chi connectivity index (χ4v) is 3.23. The number of tetrazole rings is 1. The van der Waals surface area contributed by atoms with Crippen molar-refractivity contribution in [2.45, 2.75) is 6.04 Å². The Bertz CT molecular complexity index is 1220. The summed E-state index contributed by atoms with van der Waals surface area (Å²) in [6.45, 7) is 0. The van der Waals surface area contributed by atoms with Gasteiger partial charge in [-0.05, 0) is 52.4 Å². The molecule has 156 valence electrons. The average molecular weight is 424 g/mol. The number of methoxy groups -OCH3 is 1. The van der Waals surface area contributed by atoms with Crippen LogP contribution in [0.3, 0.4) is 0 Å². The third-order valence-electron chi connectivity index (χ3n) is 4.68. The minimum atomic E-state index is -1.00. The number of ether oxygens (including phenoxy) is 1. The number of esters is 1. The molecule has 1 aromatic heterocycles. The SMILES string of the molecule is COC(=O)C1=C(C(=O)c2ccc(F)cc2)[C@H](c2ccc([N+](=O)[O-])cc2)n2nnnc2N1. The number of nitro benzene ring substituents is 1. The van der Waals surface area contributed by atoms with Crippen molar-refractivity contribution in [2.24, 2.45) is 0 Å². The maximum atomic E-state index is 13.4. The Balaban J connectivity index is 1.92. The highest BCUT2D eigenvalue weighted by atomic mass is 19.1. The van der Waals surface area contributed by atoms with Crippen LogP contribution in [-0.2, 0) is 9.53 Å². The molecule has 0 aliphatic carbocycles. The molecule has 0 fully saturated rings. The van der Waals surface area contributed by atoms with Crippen molar-refractivity contribution in [1.82, 2.24) is 20.2 Å². The summed E-state index contributed by atoms with van der Waals surface area (Å²) in [5.74, 6) is -1.90. The summed E-state index contributed by atoms with van der Waals surface area (Å²) >= 11 is 0. The van der Waals surface area contributed by atoms with Crippen LogP contribution < -0.4 is 5.32 Å². The maximum absolute atomic E-state index is 13.4. The summed E-state index contributed by atoms with van der Waals surface area (Å²) in [6, 6.07) is 9.19. The van der Waals surface area contributed by atoms with Crippen LogP contribution in [0, 0.1) is 15.9 Å².